The summed E-state index contributed by atoms with van der Waals surface area (Å²) in [7, 11) is 1.55. The first kappa shape index (κ1) is 17.0. The fourth-order valence-corrected chi connectivity index (χ4v) is 3.29. The standard InChI is InChI=1S/C18H21ClFN3O/c1-24-17-7-2-11(20)8-15(17)14-9-18(22-10-16(14)19)23-13-5-3-12(21)4-6-13/h2,7-10,12-13H,3-6,21H2,1H3,(H,22,23)/t12-,13-. The van der Waals surface area contributed by atoms with Crippen molar-refractivity contribution in [2.24, 2.45) is 5.73 Å². The molecule has 2 aromatic rings. The zero-order chi connectivity index (χ0) is 17.1. The lowest BCUT2D eigenvalue weighted by molar-refractivity contribution is 0.410. The van der Waals surface area contributed by atoms with Crippen LogP contribution in [-0.2, 0) is 0 Å². The summed E-state index contributed by atoms with van der Waals surface area (Å²) in [4.78, 5) is 4.35. The van der Waals surface area contributed by atoms with Gasteiger partial charge < -0.3 is 15.8 Å². The van der Waals surface area contributed by atoms with Gasteiger partial charge in [0.1, 0.15) is 17.4 Å². The second-order valence-corrected chi connectivity index (χ2v) is 6.56. The average Bonchev–Trinajstić information content (AvgIpc) is 2.58. The Kier molecular flexibility index (Phi) is 5.21. The van der Waals surface area contributed by atoms with Crippen LogP contribution in [0.2, 0.25) is 5.02 Å². The Labute approximate surface area is 146 Å². The molecule has 1 heterocycles. The van der Waals surface area contributed by atoms with Crippen LogP contribution in [0.1, 0.15) is 25.7 Å². The van der Waals surface area contributed by atoms with E-state index in [0.29, 0.717) is 34.0 Å². The molecule has 0 unspecified atom stereocenters. The normalized spacial score (nSPS) is 20.7. The van der Waals surface area contributed by atoms with Crippen LogP contribution in [0.25, 0.3) is 11.1 Å². The molecule has 0 aliphatic heterocycles. The molecule has 6 heteroatoms. The first-order valence-corrected chi connectivity index (χ1v) is 8.46. The number of nitrogens with one attached hydrogen (secondary N) is 1. The van der Waals surface area contributed by atoms with Gasteiger partial charge in [-0.3, -0.25) is 0 Å². The number of methoxy groups -OCH3 is 1. The van der Waals surface area contributed by atoms with Gasteiger partial charge in [-0.15, -0.1) is 0 Å². The molecule has 3 rings (SSSR count). The van der Waals surface area contributed by atoms with Crippen LogP contribution in [0, 0.1) is 5.82 Å². The summed E-state index contributed by atoms with van der Waals surface area (Å²) in [5.74, 6) is 0.953. The molecule has 4 nitrogen and oxygen atoms in total. The number of pyridine rings is 1. The Balaban J connectivity index is 1.88. The highest BCUT2D eigenvalue weighted by atomic mass is 35.5. The van der Waals surface area contributed by atoms with Gasteiger partial charge in [-0.05, 0) is 49.9 Å². The first-order valence-electron chi connectivity index (χ1n) is 8.08. The van der Waals surface area contributed by atoms with Crippen molar-refractivity contribution in [3.05, 3.63) is 41.3 Å². The van der Waals surface area contributed by atoms with Gasteiger partial charge in [0.05, 0.1) is 12.1 Å². The van der Waals surface area contributed by atoms with E-state index in [1.54, 1.807) is 19.4 Å². The summed E-state index contributed by atoms with van der Waals surface area (Å²) in [6.45, 7) is 0. The number of nitrogens with zero attached hydrogens (tertiary/aromatic N) is 1. The Morgan fingerprint density at radius 2 is 1.96 bits per heavy atom. The third-order valence-corrected chi connectivity index (χ3v) is 4.73. The van der Waals surface area contributed by atoms with Crippen LogP contribution in [0.3, 0.4) is 0 Å². The number of ether oxygens (including phenoxy) is 1. The summed E-state index contributed by atoms with van der Waals surface area (Å²) in [5, 5.41) is 3.88. The van der Waals surface area contributed by atoms with Gasteiger partial charge in [-0.1, -0.05) is 11.6 Å². The zero-order valence-electron chi connectivity index (χ0n) is 13.6. The molecule has 0 bridgehead atoms. The molecule has 1 aromatic heterocycles. The minimum atomic E-state index is -0.338. The molecular weight excluding hydrogens is 329 g/mol. The van der Waals surface area contributed by atoms with Crippen LogP contribution in [0.15, 0.2) is 30.5 Å². The number of halogens is 2. The molecule has 1 aliphatic carbocycles. The van der Waals surface area contributed by atoms with E-state index in [0.717, 1.165) is 31.5 Å². The smallest absolute Gasteiger partial charge is 0.126 e. The predicted molar refractivity (Wildman–Crippen MR) is 95.0 cm³/mol. The SMILES string of the molecule is COc1ccc(F)cc1-c1cc(N[C@H]2CC[C@H](N)CC2)ncc1Cl. The average molecular weight is 350 g/mol. The van der Waals surface area contributed by atoms with Crippen molar-refractivity contribution in [1.82, 2.24) is 4.98 Å². The van der Waals surface area contributed by atoms with E-state index in [2.05, 4.69) is 10.3 Å². The summed E-state index contributed by atoms with van der Waals surface area (Å²) in [6, 6.07) is 6.87. The molecule has 1 fully saturated rings. The van der Waals surface area contributed by atoms with Crippen molar-refractivity contribution < 1.29 is 9.13 Å². The van der Waals surface area contributed by atoms with Gasteiger partial charge >= 0.3 is 0 Å². The van der Waals surface area contributed by atoms with Crippen LogP contribution in [0.4, 0.5) is 10.2 Å². The molecule has 1 aromatic carbocycles. The van der Waals surface area contributed by atoms with Crippen molar-refractivity contribution in [2.45, 2.75) is 37.8 Å². The lowest BCUT2D eigenvalue weighted by atomic mass is 9.92. The number of hydrogen-bond donors (Lipinski definition) is 2. The molecule has 0 spiro atoms. The molecule has 0 radical (unpaired) electrons. The second-order valence-electron chi connectivity index (χ2n) is 6.15. The Hall–Kier alpha value is -1.85. The molecule has 3 N–H and O–H groups in total. The first-order chi connectivity index (χ1) is 11.6. The summed E-state index contributed by atoms with van der Waals surface area (Å²) in [6.07, 6.45) is 5.64. The molecule has 0 amide bonds. The van der Waals surface area contributed by atoms with Crippen LogP contribution in [-0.4, -0.2) is 24.2 Å². The van der Waals surface area contributed by atoms with Crippen molar-refractivity contribution >= 4 is 17.4 Å². The maximum absolute atomic E-state index is 13.7. The van der Waals surface area contributed by atoms with Crippen molar-refractivity contribution in [2.75, 3.05) is 12.4 Å². The lowest BCUT2D eigenvalue weighted by Gasteiger charge is -2.27. The highest BCUT2D eigenvalue weighted by molar-refractivity contribution is 6.33. The third-order valence-electron chi connectivity index (χ3n) is 4.43. The summed E-state index contributed by atoms with van der Waals surface area (Å²) in [5.41, 5.74) is 7.25. The van der Waals surface area contributed by atoms with Gasteiger partial charge in [-0.25, -0.2) is 9.37 Å². The van der Waals surface area contributed by atoms with E-state index in [9.17, 15) is 4.39 Å². The number of benzene rings is 1. The number of anilines is 1. The number of nitrogens with two attached hydrogens (primary N) is 1. The van der Waals surface area contributed by atoms with Gasteiger partial charge in [0, 0.05) is 29.4 Å². The lowest BCUT2D eigenvalue weighted by Crippen LogP contribution is -2.33. The third kappa shape index (κ3) is 3.79. The monoisotopic (exact) mass is 349 g/mol. The van der Waals surface area contributed by atoms with Crippen LogP contribution >= 0.6 is 11.6 Å². The highest BCUT2D eigenvalue weighted by Gasteiger charge is 2.19. The van der Waals surface area contributed by atoms with Crippen LogP contribution in [0.5, 0.6) is 5.75 Å². The maximum Gasteiger partial charge on any atom is 0.126 e. The minimum Gasteiger partial charge on any atom is -0.496 e. The van der Waals surface area contributed by atoms with E-state index in [4.69, 9.17) is 22.1 Å². The van der Waals surface area contributed by atoms with Gasteiger partial charge in [0.2, 0.25) is 0 Å². The van der Waals surface area contributed by atoms with Gasteiger partial charge in [0.15, 0.2) is 0 Å². The maximum atomic E-state index is 13.7. The van der Waals surface area contributed by atoms with E-state index in [1.807, 2.05) is 6.07 Å². The molecular formula is C18H21ClFN3O. The van der Waals surface area contributed by atoms with E-state index < -0.39 is 0 Å². The Morgan fingerprint density at radius 3 is 2.67 bits per heavy atom. The Morgan fingerprint density at radius 1 is 1.21 bits per heavy atom. The number of hydrogen-bond acceptors (Lipinski definition) is 4. The molecule has 24 heavy (non-hydrogen) atoms. The summed E-state index contributed by atoms with van der Waals surface area (Å²) < 4.78 is 19.0. The fourth-order valence-electron chi connectivity index (χ4n) is 3.09. The predicted octanol–water partition coefficient (Wildman–Crippen LogP) is 4.23. The van der Waals surface area contributed by atoms with Gasteiger partial charge in [0.25, 0.3) is 0 Å². The fraction of sp³-hybridized carbons (Fsp3) is 0.389. The van der Waals surface area contributed by atoms with E-state index in [1.165, 1.54) is 12.1 Å². The highest BCUT2D eigenvalue weighted by Crippen LogP contribution is 2.36. The number of aromatic nitrogens is 1. The summed E-state index contributed by atoms with van der Waals surface area (Å²) >= 11 is 6.29. The largest absolute Gasteiger partial charge is 0.496 e. The van der Waals surface area contributed by atoms with Crippen molar-refractivity contribution in [3.8, 4) is 16.9 Å². The van der Waals surface area contributed by atoms with E-state index >= 15 is 0 Å². The van der Waals surface area contributed by atoms with Crippen molar-refractivity contribution in [3.63, 3.8) is 0 Å². The topological polar surface area (TPSA) is 60.2 Å². The Bertz CT molecular complexity index is 717. The zero-order valence-corrected chi connectivity index (χ0v) is 14.3. The second kappa shape index (κ2) is 7.36. The van der Waals surface area contributed by atoms with Crippen molar-refractivity contribution in [1.29, 1.82) is 0 Å². The molecule has 0 saturated heterocycles. The molecule has 1 aliphatic rings. The van der Waals surface area contributed by atoms with Crippen LogP contribution < -0.4 is 15.8 Å². The molecule has 128 valence electrons. The van der Waals surface area contributed by atoms with E-state index in [-0.39, 0.29) is 5.82 Å². The number of rotatable bonds is 4. The minimum absolute atomic E-state index is 0.299. The molecule has 1 saturated carbocycles. The molecule has 0 atom stereocenters. The van der Waals surface area contributed by atoms with Gasteiger partial charge in [-0.2, -0.15) is 0 Å². The quantitative estimate of drug-likeness (QED) is 0.867.